The van der Waals surface area contributed by atoms with Crippen LogP contribution in [0.2, 0.25) is 0 Å². The Kier molecular flexibility index (Phi) is 3.46. The first-order valence-electron chi connectivity index (χ1n) is 6.86. The van der Waals surface area contributed by atoms with Gasteiger partial charge in [0, 0.05) is 26.0 Å². The number of benzene rings is 1. The van der Waals surface area contributed by atoms with E-state index in [0.717, 1.165) is 24.4 Å². The van der Waals surface area contributed by atoms with Gasteiger partial charge in [0.1, 0.15) is 11.9 Å². The highest BCUT2D eigenvalue weighted by Crippen LogP contribution is 2.23. The average Bonchev–Trinajstić information content (AvgIpc) is 2.86. The summed E-state index contributed by atoms with van der Waals surface area (Å²) in [6.07, 6.45) is 6.08. The van der Waals surface area contributed by atoms with Crippen LogP contribution in [0.1, 0.15) is 18.1 Å². The maximum Gasteiger partial charge on any atom is 0.146 e. The molecule has 0 amide bonds. The van der Waals surface area contributed by atoms with E-state index < -0.39 is 0 Å². The summed E-state index contributed by atoms with van der Waals surface area (Å²) in [5.74, 6) is 0.896. The molecule has 0 aliphatic carbocycles. The van der Waals surface area contributed by atoms with Gasteiger partial charge in [-0.1, -0.05) is 30.3 Å². The summed E-state index contributed by atoms with van der Waals surface area (Å²) in [6, 6.07) is 10.5. The predicted octanol–water partition coefficient (Wildman–Crippen LogP) is 2.64. The van der Waals surface area contributed by atoms with E-state index in [9.17, 15) is 0 Å². The summed E-state index contributed by atoms with van der Waals surface area (Å²) >= 11 is 0. The molecular formula is C16H19N3O. The summed E-state index contributed by atoms with van der Waals surface area (Å²) < 4.78 is 7.71. The topological polar surface area (TPSA) is 30.3 Å². The summed E-state index contributed by atoms with van der Waals surface area (Å²) in [7, 11) is 1.91. The van der Waals surface area contributed by atoms with E-state index in [1.165, 1.54) is 5.56 Å². The number of hydrogen-bond acceptors (Lipinski definition) is 3. The van der Waals surface area contributed by atoms with Gasteiger partial charge < -0.3 is 9.64 Å². The van der Waals surface area contributed by atoms with Crippen LogP contribution in [0.3, 0.4) is 0 Å². The van der Waals surface area contributed by atoms with E-state index in [2.05, 4.69) is 47.4 Å². The first-order chi connectivity index (χ1) is 9.70. The van der Waals surface area contributed by atoms with E-state index >= 15 is 0 Å². The second-order valence-corrected chi connectivity index (χ2v) is 5.24. The fourth-order valence-electron chi connectivity index (χ4n) is 2.45. The lowest BCUT2D eigenvalue weighted by molar-refractivity contribution is 0.116. The van der Waals surface area contributed by atoms with Gasteiger partial charge in [0.05, 0.1) is 18.3 Å². The molecule has 1 aromatic carbocycles. The molecule has 0 N–H and O–H groups in total. The van der Waals surface area contributed by atoms with Gasteiger partial charge in [-0.3, -0.25) is 4.68 Å². The number of aromatic nitrogens is 2. The van der Waals surface area contributed by atoms with E-state index in [-0.39, 0.29) is 6.10 Å². The Labute approximate surface area is 119 Å². The van der Waals surface area contributed by atoms with Crippen LogP contribution in [0, 0.1) is 0 Å². The van der Waals surface area contributed by atoms with Crippen molar-refractivity contribution in [1.82, 2.24) is 14.7 Å². The third-order valence-electron chi connectivity index (χ3n) is 3.34. The maximum atomic E-state index is 5.92. The summed E-state index contributed by atoms with van der Waals surface area (Å²) in [5.41, 5.74) is 2.33. The molecule has 4 heteroatoms. The van der Waals surface area contributed by atoms with Crippen molar-refractivity contribution in [1.29, 1.82) is 0 Å². The maximum absolute atomic E-state index is 5.92. The fraction of sp³-hybridized carbons (Fsp3) is 0.312. The highest BCUT2D eigenvalue weighted by Gasteiger charge is 2.19. The average molecular weight is 269 g/mol. The lowest BCUT2D eigenvalue weighted by Crippen LogP contribution is -2.32. The second-order valence-electron chi connectivity index (χ2n) is 5.24. The van der Waals surface area contributed by atoms with E-state index in [0.29, 0.717) is 0 Å². The SMILES string of the molecule is CC1CN(Cc2ccccc2)C=C(c2cnn(C)c2)O1. The van der Waals surface area contributed by atoms with Crippen LogP contribution in [-0.2, 0) is 18.3 Å². The monoisotopic (exact) mass is 269 g/mol. The molecule has 1 atom stereocenters. The van der Waals surface area contributed by atoms with Gasteiger partial charge in [0.15, 0.2) is 0 Å². The largest absolute Gasteiger partial charge is 0.487 e. The van der Waals surface area contributed by atoms with Gasteiger partial charge in [0.2, 0.25) is 0 Å². The van der Waals surface area contributed by atoms with Crippen molar-refractivity contribution in [2.45, 2.75) is 19.6 Å². The molecule has 0 saturated heterocycles. The van der Waals surface area contributed by atoms with Crippen LogP contribution in [0.4, 0.5) is 0 Å². The molecule has 3 rings (SSSR count). The molecule has 104 valence electrons. The zero-order valence-electron chi connectivity index (χ0n) is 11.9. The molecule has 0 spiro atoms. The molecule has 4 nitrogen and oxygen atoms in total. The summed E-state index contributed by atoms with van der Waals surface area (Å²) in [4.78, 5) is 2.30. The molecule has 20 heavy (non-hydrogen) atoms. The molecule has 1 aromatic heterocycles. The number of rotatable bonds is 3. The van der Waals surface area contributed by atoms with Crippen LogP contribution >= 0.6 is 0 Å². The Balaban J connectivity index is 1.81. The number of ether oxygens (including phenoxy) is 1. The molecule has 1 unspecified atom stereocenters. The van der Waals surface area contributed by atoms with Gasteiger partial charge >= 0.3 is 0 Å². The summed E-state index contributed by atoms with van der Waals surface area (Å²) in [5, 5.41) is 4.20. The second kappa shape index (κ2) is 5.41. The number of aryl methyl sites for hydroxylation is 1. The molecule has 0 saturated carbocycles. The number of hydrogen-bond donors (Lipinski definition) is 0. The third-order valence-corrected chi connectivity index (χ3v) is 3.34. The lowest BCUT2D eigenvalue weighted by atomic mass is 10.2. The van der Waals surface area contributed by atoms with Gasteiger partial charge in [-0.15, -0.1) is 0 Å². The summed E-state index contributed by atoms with van der Waals surface area (Å²) in [6.45, 7) is 3.90. The zero-order chi connectivity index (χ0) is 13.9. The minimum Gasteiger partial charge on any atom is -0.487 e. The van der Waals surface area contributed by atoms with Crippen molar-refractivity contribution in [2.75, 3.05) is 6.54 Å². The third kappa shape index (κ3) is 2.85. The van der Waals surface area contributed by atoms with Crippen molar-refractivity contribution in [3.05, 3.63) is 60.1 Å². The smallest absolute Gasteiger partial charge is 0.146 e. The Morgan fingerprint density at radius 3 is 2.80 bits per heavy atom. The minimum atomic E-state index is 0.180. The van der Waals surface area contributed by atoms with E-state index in [1.54, 1.807) is 4.68 Å². The van der Waals surface area contributed by atoms with Crippen molar-refractivity contribution in [2.24, 2.45) is 7.05 Å². The van der Waals surface area contributed by atoms with Crippen molar-refractivity contribution >= 4 is 5.76 Å². The highest BCUT2D eigenvalue weighted by molar-refractivity contribution is 5.58. The molecule has 0 radical (unpaired) electrons. The van der Waals surface area contributed by atoms with E-state index in [1.807, 2.05) is 25.5 Å². The molecule has 0 fully saturated rings. The van der Waals surface area contributed by atoms with E-state index in [4.69, 9.17) is 4.74 Å². The number of nitrogens with zero attached hydrogens (tertiary/aromatic N) is 3. The molecule has 1 aliphatic heterocycles. The van der Waals surface area contributed by atoms with Crippen LogP contribution in [-0.4, -0.2) is 27.3 Å². The van der Waals surface area contributed by atoms with Crippen LogP contribution in [0.5, 0.6) is 0 Å². The normalized spacial score (nSPS) is 18.6. The van der Waals surface area contributed by atoms with Gasteiger partial charge in [-0.2, -0.15) is 5.10 Å². The fourth-order valence-corrected chi connectivity index (χ4v) is 2.45. The Morgan fingerprint density at radius 2 is 2.10 bits per heavy atom. The van der Waals surface area contributed by atoms with Crippen LogP contribution in [0.15, 0.2) is 48.9 Å². The Morgan fingerprint density at radius 1 is 1.30 bits per heavy atom. The van der Waals surface area contributed by atoms with Crippen molar-refractivity contribution < 1.29 is 4.74 Å². The molecule has 2 heterocycles. The van der Waals surface area contributed by atoms with Gasteiger partial charge in [-0.25, -0.2) is 0 Å². The lowest BCUT2D eigenvalue weighted by Gasteiger charge is -2.31. The molecule has 1 aliphatic rings. The Hall–Kier alpha value is -2.23. The van der Waals surface area contributed by atoms with Crippen LogP contribution < -0.4 is 0 Å². The quantitative estimate of drug-likeness (QED) is 0.858. The minimum absolute atomic E-state index is 0.180. The first kappa shape index (κ1) is 12.8. The van der Waals surface area contributed by atoms with Gasteiger partial charge in [-0.05, 0) is 12.5 Å². The Bertz CT molecular complexity index is 603. The predicted molar refractivity (Wildman–Crippen MR) is 78.6 cm³/mol. The van der Waals surface area contributed by atoms with Crippen molar-refractivity contribution in [3.8, 4) is 0 Å². The molecular weight excluding hydrogens is 250 g/mol. The highest BCUT2D eigenvalue weighted by atomic mass is 16.5. The zero-order valence-corrected chi connectivity index (χ0v) is 11.9. The first-order valence-corrected chi connectivity index (χ1v) is 6.86. The molecule has 2 aromatic rings. The van der Waals surface area contributed by atoms with Crippen molar-refractivity contribution in [3.63, 3.8) is 0 Å². The standard InChI is InChI=1S/C16H19N3O/c1-13-9-19(10-14-6-4-3-5-7-14)12-16(20-13)15-8-17-18(2)11-15/h3-8,11-13H,9-10H2,1-2H3. The molecule has 0 bridgehead atoms. The van der Waals surface area contributed by atoms with Gasteiger partial charge in [0.25, 0.3) is 0 Å². The van der Waals surface area contributed by atoms with Crippen LogP contribution in [0.25, 0.3) is 5.76 Å².